The predicted octanol–water partition coefficient (Wildman–Crippen LogP) is 0.322. The Morgan fingerprint density at radius 2 is 1.94 bits per heavy atom. The van der Waals surface area contributed by atoms with Crippen molar-refractivity contribution in [3.8, 4) is 0 Å². The van der Waals surface area contributed by atoms with Crippen LogP contribution in [0.4, 0.5) is 5.69 Å². The van der Waals surface area contributed by atoms with Crippen LogP contribution in [0, 0.1) is 0 Å². The molecule has 0 aliphatic rings. The minimum Gasteiger partial charge on any atom is -0.480 e. The van der Waals surface area contributed by atoms with Gasteiger partial charge in [0.25, 0.3) is 0 Å². The number of carboxylic acid groups (broad SMARTS) is 1. The lowest BCUT2D eigenvalue weighted by molar-refractivity contribution is -0.138. The molecular formula is C11H15N3O3. The Balaban J connectivity index is 2.24. The van der Waals surface area contributed by atoms with Gasteiger partial charge in [-0.05, 0) is 18.6 Å². The lowest BCUT2D eigenvalue weighted by Crippen LogP contribution is -2.34. The van der Waals surface area contributed by atoms with Crippen molar-refractivity contribution in [2.24, 2.45) is 5.73 Å². The van der Waals surface area contributed by atoms with Gasteiger partial charge >= 0.3 is 5.97 Å². The summed E-state index contributed by atoms with van der Waals surface area (Å²) in [4.78, 5) is 21.7. The number of carboxylic acids is 1. The molecule has 1 unspecified atom stereocenters. The van der Waals surface area contributed by atoms with E-state index in [0.717, 1.165) is 5.69 Å². The van der Waals surface area contributed by atoms with Crippen LogP contribution in [0.15, 0.2) is 30.3 Å². The van der Waals surface area contributed by atoms with Gasteiger partial charge < -0.3 is 10.8 Å². The molecule has 0 fully saturated rings. The average molecular weight is 237 g/mol. The van der Waals surface area contributed by atoms with Gasteiger partial charge in [0.2, 0.25) is 5.91 Å². The molecule has 0 heterocycles. The largest absolute Gasteiger partial charge is 0.480 e. The summed E-state index contributed by atoms with van der Waals surface area (Å²) in [7, 11) is 0. The molecule has 1 amide bonds. The topological polar surface area (TPSA) is 104 Å². The van der Waals surface area contributed by atoms with Gasteiger partial charge in [-0.3, -0.25) is 20.4 Å². The third-order valence-electron chi connectivity index (χ3n) is 2.12. The van der Waals surface area contributed by atoms with Crippen LogP contribution in [0.1, 0.15) is 12.8 Å². The van der Waals surface area contributed by atoms with Gasteiger partial charge in [0.05, 0.1) is 5.69 Å². The second-order valence-corrected chi connectivity index (χ2v) is 3.52. The van der Waals surface area contributed by atoms with Crippen LogP contribution in [0.2, 0.25) is 0 Å². The number of para-hydroxylation sites is 1. The molecule has 6 heteroatoms. The van der Waals surface area contributed by atoms with E-state index in [4.69, 9.17) is 10.8 Å². The zero-order valence-corrected chi connectivity index (χ0v) is 9.22. The normalized spacial score (nSPS) is 11.6. The molecule has 0 radical (unpaired) electrons. The van der Waals surface area contributed by atoms with Crippen LogP contribution in [0.25, 0.3) is 0 Å². The fourth-order valence-corrected chi connectivity index (χ4v) is 1.14. The Labute approximate surface area is 98.8 Å². The van der Waals surface area contributed by atoms with E-state index in [1.165, 1.54) is 0 Å². The number of hydrazine groups is 1. The highest BCUT2D eigenvalue weighted by Gasteiger charge is 2.13. The number of carbonyl (C=O) groups excluding carboxylic acids is 1. The zero-order valence-electron chi connectivity index (χ0n) is 9.22. The number of hydrogen-bond acceptors (Lipinski definition) is 4. The number of nitrogens with one attached hydrogen (secondary N) is 2. The lowest BCUT2D eigenvalue weighted by Gasteiger charge is -2.09. The summed E-state index contributed by atoms with van der Waals surface area (Å²) in [5, 5.41) is 8.53. The summed E-state index contributed by atoms with van der Waals surface area (Å²) < 4.78 is 0. The fraction of sp³-hybridized carbons (Fsp3) is 0.273. The first-order valence-corrected chi connectivity index (χ1v) is 5.18. The number of anilines is 1. The van der Waals surface area contributed by atoms with Crippen LogP contribution in [0.5, 0.6) is 0 Å². The maximum atomic E-state index is 11.3. The molecule has 6 nitrogen and oxygen atoms in total. The highest BCUT2D eigenvalue weighted by molar-refractivity contribution is 5.79. The summed E-state index contributed by atoms with van der Waals surface area (Å²) in [6, 6.07) is 8.10. The molecule has 0 spiro atoms. The number of amides is 1. The average Bonchev–Trinajstić information content (AvgIpc) is 2.34. The number of benzene rings is 1. The maximum absolute atomic E-state index is 11.3. The Morgan fingerprint density at radius 1 is 1.29 bits per heavy atom. The fourth-order valence-electron chi connectivity index (χ4n) is 1.14. The number of rotatable bonds is 6. The van der Waals surface area contributed by atoms with E-state index < -0.39 is 12.0 Å². The molecule has 17 heavy (non-hydrogen) atoms. The van der Waals surface area contributed by atoms with Crippen LogP contribution < -0.4 is 16.6 Å². The van der Waals surface area contributed by atoms with E-state index in [1.807, 2.05) is 18.2 Å². The van der Waals surface area contributed by atoms with Gasteiger partial charge in [-0.2, -0.15) is 0 Å². The van der Waals surface area contributed by atoms with Gasteiger partial charge in [-0.15, -0.1) is 0 Å². The van der Waals surface area contributed by atoms with Crippen LogP contribution >= 0.6 is 0 Å². The predicted molar refractivity (Wildman–Crippen MR) is 63.1 cm³/mol. The standard InChI is InChI=1S/C11H15N3O3/c12-9(11(16)17)6-7-10(15)14-13-8-4-2-1-3-5-8/h1-5,9,13H,6-7,12H2,(H,14,15)(H,16,17). The van der Waals surface area contributed by atoms with E-state index in [-0.39, 0.29) is 18.7 Å². The number of aliphatic carboxylic acids is 1. The van der Waals surface area contributed by atoms with Crippen molar-refractivity contribution in [1.82, 2.24) is 5.43 Å². The molecule has 0 aliphatic heterocycles. The van der Waals surface area contributed by atoms with Crippen LogP contribution in [0.3, 0.4) is 0 Å². The number of carbonyl (C=O) groups is 2. The molecule has 0 aliphatic carbocycles. The molecule has 1 atom stereocenters. The molecule has 0 saturated heterocycles. The second kappa shape index (κ2) is 6.49. The molecule has 1 aromatic rings. The molecule has 1 rings (SSSR count). The first kappa shape index (κ1) is 13.0. The van der Waals surface area contributed by atoms with E-state index in [0.29, 0.717) is 0 Å². The summed E-state index contributed by atoms with van der Waals surface area (Å²) in [6.45, 7) is 0. The van der Waals surface area contributed by atoms with Crippen LogP contribution in [-0.4, -0.2) is 23.0 Å². The van der Waals surface area contributed by atoms with Crippen LogP contribution in [-0.2, 0) is 9.59 Å². The van der Waals surface area contributed by atoms with Crippen molar-refractivity contribution < 1.29 is 14.7 Å². The van der Waals surface area contributed by atoms with Gasteiger partial charge in [-0.1, -0.05) is 18.2 Å². The van der Waals surface area contributed by atoms with Crippen molar-refractivity contribution in [3.05, 3.63) is 30.3 Å². The summed E-state index contributed by atoms with van der Waals surface area (Å²) in [5.41, 5.74) is 11.2. The summed E-state index contributed by atoms with van der Waals surface area (Å²) >= 11 is 0. The monoisotopic (exact) mass is 237 g/mol. The smallest absolute Gasteiger partial charge is 0.320 e. The first-order chi connectivity index (χ1) is 8.09. The minimum atomic E-state index is -1.10. The van der Waals surface area contributed by atoms with Crippen molar-refractivity contribution in [1.29, 1.82) is 0 Å². The van der Waals surface area contributed by atoms with Crippen molar-refractivity contribution in [2.75, 3.05) is 5.43 Å². The second-order valence-electron chi connectivity index (χ2n) is 3.52. The molecular weight excluding hydrogens is 222 g/mol. The van der Waals surface area contributed by atoms with Gasteiger partial charge in [0.15, 0.2) is 0 Å². The van der Waals surface area contributed by atoms with Gasteiger partial charge in [0, 0.05) is 6.42 Å². The Hall–Kier alpha value is -2.08. The molecule has 0 aromatic heterocycles. The maximum Gasteiger partial charge on any atom is 0.320 e. The highest BCUT2D eigenvalue weighted by Crippen LogP contribution is 2.03. The summed E-state index contributed by atoms with van der Waals surface area (Å²) in [6.07, 6.45) is 0.172. The Morgan fingerprint density at radius 3 is 2.53 bits per heavy atom. The molecule has 1 aromatic carbocycles. The summed E-state index contributed by atoms with van der Waals surface area (Å²) in [5.74, 6) is -1.40. The molecule has 92 valence electrons. The van der Waals surface area contributed by atoms with Crippen molar-refractivity contribution >= 4 is 17.6 Å². The van der Waals surface area contributed by atoms with E-state index in [9.17, 15) is 9.59 Å². The number of hydrogen-bond donors (Lipinski definition) is 4. The quantitative estimate of drug-likeness (QED) is 0.533. The van der Waals surface area contributed by atoms with Crippen molar-refractivity contribution in [3.63, 3.8) is 0 Å². The highest BCUT2D eigenvalue weighted by atomic mass is 16.4. The molecule has 0 bridgehead atoms. The zero-order chi connectivity index (χ0) is 12.7. The van der Waals surface area contributed by atoms with Gasteiger partial charge in [-0.25, -0.2) is 0 Å². The third-order valence-corrected chi connectivity index (χ3v) is 2.12. The minimum absolute atomic E-state index is 0.0628. The third kappa shape index (κ3) is 4.98. The van der Waals surface area contributed by atoms with E-state index in [1.54, 1.807) is 12.1 Å². The number of nitrogens with two attached hydrogens (primary N) is 1. The lowest BCUT2D eigenvalue weighted by atomic mass is 10.2. The first-order valence-electron chi connectivity index (χ1n) is 5.18. The molecule has 0 saturated carbocycles. The van der Waals surface area contributed by atoms with E-state index in [2.05, 4.69) is 10.9 Å². The SMILES string of the molecule is NC(CCC(=O)NNc1ccccc1)C(=O)O. The van der Waals surface area contributed by atoms with Gasteiger partial charge in [0.1, 0.15) is 6.04 Å². The Kier molecular flexibility index (Phi) is 4.96. The molecule has 5 N–H and O–H groups in total. The Bertz CT molecular complexity index is 381. The van der Waals surface area contributed by atoms with E-state index >= 15 is 0 Å². The van der Waals surface area contributed by atoms with Crippen molar-refractivity contribution in [2.45, 2.75) is 18.9 Å².